The Bertz CT molecular complexity index is 378. The maximum atomic E-state index is 12.4. The van der Waals surface area contributed by atoms with E-state index in [9.17, 15) is 14.4 Å². The third-order valence-corrected chi connectivity index (χ3v) is 5.22. The van der Waals surface area contributed by atoms with Crippen LogP contribution < -0.4 is 0 Å². The number of carbonyl (C=O) groups is 3. The van der Waals surface area contributed by atoms with Crippen molar-refractivity contribution >= 4 is 29.1 Å². The van der Waals surface area contributed by atoms with E-state index in [1.807, 2.05) is 25.6 Å². The van der Waals surface area contributed by atoms with Crippen LogP contribution >= 0.6 is 11.8 Å². The maximum Gasteiger partial charge on any atom is 0.153 e. The van der Waals surface area contributed by atoms with Crippen LogP contribution in [0, 0.1) is 17.8 Å². The third-order valence-electron chi connectivity index (χ3n) is 4.13. The van der Waals surface area contributed by atoms with E-state index < -0.39 is 5.92 Å². The fourth-order valence-corrected chi connectivity index (χ4v) is 3.95. The highest BCUT2D eigenvalue weighted by atomic mass is 32.2. The molecule has 1 fully saturated rings. The lowest BCUT2D eigenvalue weighted by Crippen LogP contribution is -2.44. The molecule has 0 N–H and O–H groups in total. The lowest BCUT2D eigenvalue weighted by molar-refractivity contribution is -0.146. The number of hydrogen-bond donors (Lipinski definition) is 0. The second kappa shape index (κ2) is 7.96. The number of hydrogen-bond acceptors (Lipinski definition) is 4. The summed E-state index contributed by atoms with van der Waals surface area (Å²) in [5.74, 6) is -0.446. The molecular formula is C16H26O3S. The minimum atomic E-state index is -0.963. The monoisotopic (exact) mass is 298 g/mol. The van der Waals surface area contributed by atoms with Crippen molar-refractivity contribution < 1.29 is 14.4 Å². The first-order valence-electron chi connectivity index (χ1n) is 7.63. The first-order chi connectivity index (χ1) is 9.42. The SMILES string of the molecule is CCCC(=O)C1C(=O)CC(CC(C)SCC)C(C)C1=O. The fourth-order valence-electron chi connectivity index (χ4n) is 3.00. The maximum absolute atomic E-state index is 12.4. The molecule has 4 heteroatoms. The average molecular weight is 298 g/mol. The molecule has 114 valence electrons. The Morgan fingerprint density at radius 1 is 1.35 bits per heavy atom. The van der Waals surface area contributed by atoms with Crippen molar-refractivity contribution in [3.8, 4) is 0 Å². The van der Waals surface area contributed by atoms with Crippen LogP contribution in [0.2, 0.25) is 0 Å². The number of carbonyl (C=O) groups excluding carboxylic acids is 3. The van der Waals surface area contributed by atoms with Gasteiger partial charge in [0.1, 0.15) is 5.92 Å². The van der Waals surface area contributed by atoms with E-state index in [-0.39, 0.29) is 29.2 Å². The van der Waals surface area contributed by atoms with E-state index >= 15 is 0 Å². The van der Waals surface area contributed by atoms with Gasteiger partial charge in [0.2, 0.25) is 0 Å². The van der Waals surface area contributed by atoms with Crippen LogP contribution in [0.15, 0.2) is 0 Å². The van der Waals surface area contributed by atoms with Gasteiger partial charge in [0.25, 0.3) is 0 Å². The van der Waals surface area contributed by atoms with Crippen LogP contribution in [0.25, 0.3) is 0 Å². The molecule has 4 atom stereocenters. The lowest BCUT2D eigenvalue weighted by atomic mass is 9.70. The van der Waals surface area contributed by atoms with Gasteiger partial charge in [0.15, 0.2) is 17.3 Å². The van der Waals surface area contributed by atoms with E-state index in [4.69, 9.17) is 0 Å². The second-order valence-corrected chi connectivity index (χ2v) is 7.49. The summed E-state index contributed by atoms with van der Waals surface area (Å²) in [6, 6.07) is 0. The summed E-state index contributed by atoms with van der Waals surface area (Å²) in [6.45, 7) is 8.03. The first kappa shape index (κ1) is 17.4. The minimum Gasteiger partial charge on any atom is -0.298 e. The molecule has 0 aromatic rings. The number of ketones is 3. The van der Waals surface area contributed by atoms with Crippen molar-refractivity contribution in [3.05, 3.63) is 0 Å². The van der Waals surface area contributed by atoms with Crippen LogP contribution in [0.4, 0.5) is 0 Å². The van der Waals surface area contributed by atoms with E-state index in [1.54, 1.807) is 0 Å². The predicted octanol–water partition coefficient (Wildman–Crippen LogP) is 3.30. The Hall–Kier alpha value is -0.640. The van der Waals surface area contributed by atoms with Gasteiger partial charge < -0.3 is 0 Å². The Morgan fingerprint density at radius 3 is 2.55 bits per heavy atom. The van der Waals surface area contributed by atoms with Crippen molar-refractivity contribution in [2.24, 2.45) is 17.8 Å². The molecule has 0 spiro atoms. The van der Waals surface area contributed by atoms with Gasteiger partial charge >= 0.3 is 0 Å². The number of thioether (sulfide) groups is 1. The van der Waals surface area contributed by atoms with Gasteiger partial charge in [-0.3, -0.25) is 14.4 Å². The Morgan fingerprint density at radius 2 is 2.00 bits per heavy atom. The Labute approximate surface area is 126 Å². The van der Waals surface area contributed by atoms with Gasteiger partial charge in [0.05, 0.1) is 0 Å². The molecule has 4 unspecified atom stereocenters. The fraction of sp³-hybridized carbons (Fsp3) is 0.812. The zero-order chi connectivity index (χ0) is 15.3. The van der Waals surface area contributed by atoms with Gasteiger partial charge in [-0.2, -0.15) is 11.8 Å². The van der Waals surface area contributed by atoms with Crippen LogP contribution in [-0.4, -0.2) is 28.4 Å². The van der Waals surface area contributed by atoms with E-state index in [1.165, 1.54) is 0 Å². The molecule has 0 aromatic heterocycles. The summed E-state index contributed by atoms with van der Waals surface area (Å²) >= 11 is 1.86. The van der Waals surface area contributed by atoms with Gasteiger partial charge in [-0.15, -0.1) is 0 Å². The highest BCUT2D eigenvalue weighted by Crippen LogP contribution is 2.34. The molecule has 0 radical (unpaired) electrons. The molecule has 0 bridgehead atoms. The second-order valence-electron chi connectivity index (χ2n) is 5.77. The number of rotatable bonds is 7. The van der Waals surface area contributed by atoms with Gasteiger partial charge in [0, 0.05) is 24.0 Å². The molecule has 1 aliphatic rings. The molecule has 0 saturated heterocycles. The summed E-state index contributed by atoms with van der Waals surface area (Å²) in [5.41, 5.74) is 0. The molecule has 1 aliphatic carbocycles. The highest BCUT2D eigenvalue weighted by Gasteiger charge is 2.44. The summed E-state index contributed by atoms with van der Waals surface area (Å²) < 4.78 is 0. The summed E-state index contributed by atoms with van der Waals surface area (Å²) in [6.07, 6.45) is 2.30. The molecule has 1 rings (SSSR count). The highest BCUT2D eigenvalue weighted by molar-refractivity contribution is 7.99. The van der Waals surface area contributed by atoms with E-state index in [2.05, 4.69) is 13.8 Å². The van der Waals surface area contributed by atoms with Gasteiger partial charge in [-0.05, 0) is 24.5 Å². The summed E-state index contributed by atoms with van der Waals surface area (Å²) in [5, 5.41) is 0.455. The molecule has 3 nitrogen and oxygen atoms in total. The average Bonchev–Trinajstić information content (AvgIpc) is 2.36. The van der Waals surface area contributed by atoms with Crippen LogP contribution in [-0.2, 0) is 14.4 Å². The van der Waals surface area contributed by atoms with Crippen molar-refractivity contribution in [2.45, 2.75) is 58.6 Å². The van der Waals surface area contributed by atoms with Crippen molar-refractivity contribution in [1.29, 1.82) is 0 Å². The molecule has 0 heterocycles. The van der Waals surface area contributed by atoms with Crippen LogP contribution in [0.3, 0.4) is 0 Å². The molecule has 0 aromatic carbocycles. The zero-order valence-corrected chi connectivity index (χ0v) is 13.8. The normalized spacial score (nSPS) is 28.5. The molecule has 20 heavy (non-hydrogen) atoms. The largest absolute Gasteiger partial charge is 0.298 e. The smallest absolute Gasteiger partial charge is 0.153 e. The predicted molar refractivity (Wildman–Crippen MR) is 82.9 cm³/mol. The van der Waals surface area contributed by atoms with Crippen molar-refractivity contribution in [3.63, 3.8) is 0 Å². The Kier molecular flexibility index (Phi) is 6.93. The summed E-state index contributed by atoms with van der Waals surface area (Å²) in [4.78, 5) is 36.5. The summed E-state index contributed by atoms with van der Waals surface area (Å²) in [7, 11) is 0. The van der Waals surface area contributed by atoms with Gasteiger partial charge in [-0.25, -0.2) is 0 Å². The zero-order valence-electron chi connectivity index (χ0n) is 13.0. The number of Topliss-reactive ketones (excluding diaryl/α,β-unsaturated/α-hetero) is 3. The minimum absolute atomic E-state index is 0.106. The first-order valence-corrected chi connectivity index (χ1v) is 8.67. The topological polar surface area (TPSA) is 51.2 Å². The Balaban J connectivity index is 2.73. The quantitative estimate of drug-likeness (QED) is 0.677. The van der Waals surface area contributed by atoms with E-state index in [0.717, 1.165) is 12.2 Å². The molecular weight excluding hydrogens is 272 g/mol. The lowest BCUT2D eigenvalue weighted by Gasteiger charge is -2.32. The van der Waals surface area contributed by atoms with Crippen LogP contribution in [0.5, 0.6) is 0 Å². The molecule has 0 amide bonds. The van der Waals surface area contributed by atoms with Crippen LogP contribution in [0.1, 0.15) is 53.4 Å². The standard InChI is InChI=1S/C16H26O3S/c1-5-7-13(17)15-14(18)9-12(11(4)16(15)19)8-10(3)20-6-2/h10-12,15H,5-9H2,1-4H3. The molecule has 0 aliphatic heterocycles. The van der Waals surface area contributed by atoms with Gasteiger partial charge in [-0.1, -0.05) is 27.7 Å². The van der Waals surface area contributed by atoms with Crippen molar-refractivity contribution in [1.82, 2.24) is 0 Å². The van der Waals surface area contributed by atoms with E-state index in [0.29, 0.717) is 24.5 Å². The van der Waals surface area contributed by atoms with Crippen molar-refractivity contribution in [2.75, 3.05) is 5.75 Å². The third kappa shape index (κ3) is 4.18. The molecule has 1 saturated carbocycles.